The predicted molar refractivity (Wildman–Crippen MR) is 23.3 cm³/mol. The van der Waals surface area contributed by atoms with Crippen molar-refractivity contribution in [1.29, 1.82) is 0 Å². The average molecular weight is 107 g/mol. The van der Waals surface area contributed by atoms with Crippen LogP contribution in [0.5, 0.6) is 0 Å². The smallest absolute Gasteiger partial charge is 0.288 e. The lowest BCUT2D eigenvalue weighted by molar-refractivity contribution is -0.305. The van der Waals surface area contributed by atoms with Gasteiger partial charge in [0, 0.05) is 0 Å². The number of rotatable bonds is 2. The third-order valence-corrected chi connectivity index (χ3v) is 0.414. The Morgan fingerprint density at radius 2 is 1.86 bits per heavy atom. The van der Waals surface area contributed by atoms with Crippen molar-refractivity contribution in [2.45, 2.75) is 5.97 Å². The number of likely N-dealkylation sites (N-methyl/N-ethyl adjacent to an activating group) is 1. The molecule has 4 N–H and O–H groups in total. The normalized spacial score (nSPS) is 12.0. The molecule has 0 rings (SSSR count). The van der Waals surface area contributed by atoms with Crippen LogP contribution >= 0.6 is 0 Å². The van der Waals surface area contributed by atoms with Gasteiger partial charge in [-0.25, -0.2) is 0 Å². The van der Waals surface area contributed by atoms with E-state index in [4.69, 9.17) is 15.3 Å². The van der Waals surface area contributed by atoms with Crippen molar-refractivity contribution in [2.24, 2.45) is 0 Å². The van der Waals surface area contributed by atoms with Crippen molar-refractivity contribution >= 4 is 0 Å². The zero-order chi connectivity index (χ0) is 5.91. The molecule has 0 radical (unpaired) electrons. The van der Waals surface area contributed by atoms with Crippen molar-refractivity contribution in [1.82, 2.24) is 5.32 Å². The maximum Gasteiger partial charge on any atom is 0.288 e. The molecule has 0 saturated carbocycles. The molecule has 44 valence electrons. The maximum absolute atomic E-state index is 8.07. The summed E-state index contributed by atoms with van der Waals surface area (Å²) in [7, 11) is 1.50. The Morgan fingerprint density at radius 1 is 1.43 bits per heavy atom. The summed E-state index contributed by atoms with van der Waals surface area (Å²) in [6.45, 7) is -0.243. The molecule has 0 unspecified atom stereocenters. The Morgan fingerprint density at radius 3 is 1.86 bits per heavy atom. The molecule has 4 nitrogen and oxygen atoms in total. The molecular weight excluding hydrogens is 98.0 g/mol. The van der Waals surface area contributed by atoms with E-state index in [9.17, 15) is 0 Å². The van der Waals surface area contributed by atoms with Gasteiger partial charge in [0.25, 0.3) is 5.97 Å². The van der Waals surface area contributed by atoms with Crippen molar-refractivity contribution in [3.8, 4) is 0 Å². The molecule has 0 aromatic rings. The minimum atomic E-state index is -2.56. The molecular formula is C3H9NO3. The Hall–Kier alpha value is -0.160. The zero-order valence-electron chi connectivity index (χ0n) is 4.05. The van der Waals surface area contributed by atoms with E-state index in [1.165, 1.54) is 7.05 Å². The van der Waals surface area contributed by atoms with Crippen LogP contribution in [0.4, 0.5) is 0 Å². The standard InChI is InChI=1S/C3H9NO3/c1-4-2-3(5,6)7/h4-7H,2H2,1H3. The highest BCUT2D eigenvalue weighted by molar-refractivity contribution is 4.46. The van der Waals surface area contributed by atoms with Gasteiger partial charge in [0.2, 0.25) is 0 Å². The van der Waals surface area contributed by atoms with E-state index >= 15 is 0 Å². The molecule has 0 spiro atoms. The van der Waals surface area contributed by atoms with Gasteiger partial charge in [0.05, 0.1) is 6.54 Å². The van der Waals surface area contributed by atoms with Crippen LogP contribution in [0.1, 0.15) is 0 Å². The molecule has 0 atom stereocenters. The van der Waals surface area contributed by atoms with Crippen LogP contribution in [0.15, 0.2) is 0 Å². The summed E-state index contributed by atoms with van der Waals surface area (Å²) in [6.07, 6.45) is 0. The molecule has 0 bridgehead atoms. The van der Waals surface area contributed by atoms with Gasteiger partial charge in [-0.1, -0.05) is 0 Å². The van der Waals surface area contributed by atoms with Gasteiger partial charge in [-0.15, -0.1) is 0 Å². The van der Waals surface area contributed by atoms with Crippen LogP contribution < -0.4 is 5.32 Å². The minimum Gasteiger partial charge on any atom is -0.343 e. The third-order valence-electron chi connectivity index (χ3n) is 0.414. The zero-order valence-corrected chi connectivity index (χ0v) is 4.05. The summed E-state index contributed by atoms with van der Waals surface area (Å²) in [4.78, 5) is 0. The van der Waals surface area contributed by atoms with Crippen LogP contribution in [-0.4, -0.2) is 34.9 Å². The van der Waals surface area contributed by atoms with Crippen LogP contribution in [0.2, 0.25) is 0 Å². The molecule has 0 amide bonds. The summed E-state index contributed by atoms with van der Waals surface area (Å²) in [5.41, 5.74) is 0. The van der Waals surface area contributed by atoms with Crippen molar-refractivity contribution < 1.29 is 15.3 Å². The average Bonchev–Trinajstić information content (AvgIpc) is 1.30. The number of aliphatic hydroxyl groups is 3. The van der Waals surface area contributed by atoms with E-state index in [1.807, 2.05) is 0 Å². The molecule has 7 heavy (non-hydrogen) atoms. The summed E-state index contributed by atoms with van der Waals surface area (Å²) in [6, 6.07) is 0. The number of nitrogens with one attached hydrogen (secondary N) is 1. The summed E-state index contributed by atoms with van der Waals surface area (Å²) in [5.74, 6) is -2.56. The number of hydrogen-bond acceptors (Lipinski definition) is 4. The molecule has 0 aliphatic rings. The Labute approximate surface area is 41.4 Å². The highest BCUT2D eigenvalue weighted by atomic mass is 16.7. The van der Waals surface area contributed by atoms with Crippen molar-refractivity contribution in [3.63, 3.8) is 0 Å². The number of hydrogen-bond donors (Lipinski definition) is 4. The first-order chi connectivity index (χ1) is 3.06. The lowest BCUT2D eigenvalue weighted by atomic mass is 10.6. The monoisotopic (exact) mass is 107 g/mol. The first-order valence-corrected chi connectivity index (χ1v) is 1.88. The van der Waals surface area contributed by atoms with E-state index in [-0.39, 0.29) is 6.54 Å². The van der Waals surface area contributed by atoms with Gasteiger partial charge in [0.15, 0.2) is 0 Å². The molecule has 0 aliphatic heterocycles. The molecule has 0 fully saturated rings. The Bertz CT molecular complexity index is 48.6. The SMILES string of the molecule is CNCC(O)(O)O. The second-order valence-electron chi connectivity index (χ2n) is 1.30. The van der Waals surface area contributed by atoms with E-state index < -0.39 is 5.97 Å². The van der Waals surface area contributed by atoms with Gasteiger partial charge in [0.1, 0.15) is 0 Å². The largest absolute Gasteiger partial charge is 0.343 e. The van der Waals surface area contributed by atoms with Crippen LogP contribution in [0.25, 0.3) is 0 Å². The van der Waals surface area contributed by atoms with E-state index in [2.05, 4.69) is 5.32 Å². The van der Waals surface area contributed by atoms with E-state index in [0.717, 1.165) is 0 Å². The first kappa shape index (κ1) is 6.84. The van der Waals surface area contributed by atoms with Gasteiger partial charge in [-0.05, 0) is 7.05 Å². The molecule has 0 aromatic heterocycles. The minimum absolute atomic E-state index is 0.243. The Balaban J connectivity index is 3.15. The summed E-state index contributed by atoms with van der Waals surface area (Å²) >= 11 is 0. The van der Waals surface area contributed by atoms with Gasteiger partial charge in [-0.3, -0.25) is 0 Å². The summed E-state index contributed by atoms with van der Waals surface area (Å²) in [5, 5.41) is 26.6. The molecule has 0 aromatic carbocycles. The molecule has 0 saturated heterocycles. The second kappa shape index (κ2) is 2.23. The van der Waals surface area contributed by atoms with Crippen LogP contribution in [-0.2, 0) is 0 Å². The molecule has 0 heterocycles. The van der Waals surface area contributed by atoms with Crippen molar-refractivity contribution in [2.75, 3.05) is 13.6 Å². The topological polar surface area (TPSA) is 72.7 Å². The second-order valence-corrected chi connectivity index (χ2v) is 1.30. The van der Waals surface area contributed by atoms with Crippen LogP contribution in [0, 0.1) is 0 Å². The maximum atomic E-state index is 8.07. The van der Waals surface area contributed by atoms with Crippen molar-refractivity contribution in [3.05, 3.63) is 0 Å². The van der Waals surface area contributed by atoms with Gasteiger partial charge < -0.3 is 20.6 Å². The van der Waals surface area contributed by atoms with E-state index in [1.54, 1.807) is 0 Å². The first-order valence-electron chi connectivity index (χ1n) is 1.88. The summed E-state index contributed by atoms with van der Waals surface area (Å²) < 4.78 is 0. The predicted octanol–water partition coefficient (Wildman–Crippen LogP) is -2.16. The van der Waals surface area contributed by atoms with Gasteiger partial charge in [-0.2, -0.15) is 0 Å². The van der Waals surface area contributed by atoms with Crippen LogP contribution in [0.3, 0.4) is 0 Å². The quantitative estimate of drug-likeness (QED) is 0.303. The fourth-order valence-corrected chi connectivity index (χ4v) is 0.237. The van der Waals surface area contributed by atoms with Gasteiger partial charge >= 0.3 is 0 Å². The highest BCUT2D eigenvalue weighted by Crippen LogP contribution is 1.85. The lowest BCUT2D eigenvalue weighted by Crippen LogP contribution is -2.38. The fraction of sp³-hybridized carbons (Fsp3) is 1.00. The fourth-order valence-electron chi connectivity index (χ4n) is 0.237. The third kappa shape index (κ3) is 5.84. The molecule has 4 heteroatoms. The highest BCUT2D eigenvalue weighted by Gasteiger charge is 2.14. The Kier molecular flexibility index (Phi) is 2.17. The molecule has 0 aliphatic carbocycles. The lowest BCUT2D eigenvalue weighted by Gasteiger charge is -2.11. The van der Waals surface area contributed by atoms with E-state index in [0.29, 0.717) is 0 Å².